The van der Waals surface area contributed by atoms with Gasteiger partial charge in [-0.1, -0.05) is 28.1 Å². The Morgan fingerprint density at radius 1 is 1.41 bits per heavy atom. The number of benzene rings is 1. The highest BCUT2D eigenvalue weighted by Gasteiger charge is 2.40. The Balaban J connectivity index is 2.14. The zero-order valence-corrected chi connectivity index (χ0v) is 13.6. The van der Waals surface area contributed by atoms with E-state index in [1.54, 1.807) is 12.1 Å². The van der Waals surface area contributed by atoms with Gasteiger partial charge in [0.2, 0.25) is 5.91 Å². The highest BCUT2D eigenvalue weighted by Crippen LogP contribution is 2.23. The minimum Gasteiger partial charge on any atom is -0.480 e. The van der Waals surface area contributed by atoms with Crippen molar-refractivity contribution >= 4 is 33.8 Å². The topological polar surface area (TPSA) is 83.9 Å². The smallest absolute Gasteiger partial charge is 0.326 e. The molecule has 0 bridgehead atoms. The summed E-state index contributed by atoms with van der Waals surface area (Å²) in [5.74, 6) is -2.49. The summed E-state index contributed by atoms with van der Waals surface area (Å²) in [5, 5.41) is 9.43. The van der Waals surface area contributed by atoms with Crippen molar-refractivity contribution in [1.82, 2.24) is 4.90 Å². The number of rotatable bonds is 5. The van der Waals surface area contributed by atoms with Gasteiger partial charge in [0.05, 0.1) is 13.0 Å². The molecule has 1 aliphatic rings. The number of nitrogens with zero attached hydrogens (tertiary/aromatic N) is 1. The number of carboxylic acid groups (broad SMARTS) is 1. The van der Waals surface area contributed by atoms with Crippen LogP contribution in [0.4, 0.5) is 0 Å². The first kappa shape index (κ1) is 16.5. The molecule has 1 aromatic carbocycles. The van der Waals surface area contributed by atoms with Crippen molar-refractivity contribution in [1.29, 1.82) is 0 Å². The van der Waals surface area contributed by atoms with Gasteiger partial charge in [-0.15, -0.1) is 0 Å². The van der Waals surface area contributed by atoms with Gasteiger partial charge in [0.1, 0.15) is 6.04 Å². The van der Waals surface area contributed by atoms with E-state index in [2.05, 4.69) is 20.7 Å². The second-order valence-electron chi connectivity index (χ2n) is 5.15. The summed E-state index contributed by atoms with van der Waals surface area (Å²) in [4.78, 5) is 36.4. The van der Waals surface area contributed by atoms with Crippen LogP contribution in [0.3, 0.4) is 0 Å². The van der Waals surface area contributed by atoms with Crippen LogP contribution in [0.15, 0.2) is 28.7 Å². The van der Waals surface area contributed by atoms with Gasteiger partial charge in [0.15, 0.2) is 0 Å². The first-order valence-electron chi connectivity index (χ1n) is 6.77. The van der Waals surface area contributed by atoms with E-state index in [0.717, 1.165) is 10.0 Å². The number of aliphatic carboxylic acids is 1. The molecule has 7 heteroatoms. The van der Waals surface area contributed by atoms with Crippen molar-refractivity contribution in [3.05, 3.63) is 34.3 Å². The minimum atomic E-state index is -1.08. The lowest BCUT2D eigenvalue weighted by molar-refractivity contribution is -0.148. The van der Waals surface area contributed by atoms with Crippen LogP contribution in [-0.2, 0) is 25.5 Å². The normalized spacial score (nSPS) is 19.1. The van der Waals surface area contributed by atoms with E-state index in [4.69, 9.17) is 0 Å². The van der Waals surface area contributed by atoms with Crippen LogP contribution in [0.25, 0.3) is 0 Å². The van der Waals surface area contributed by atoms with E-state index >= 15 is 0 Å². The predicted octanol–water partition coefficient (Wildman–Crippen LogP) is 1.47. The molecule has 1 amide bonds. The van der Waals surface area contributed by atoms with Gasteiger partial charge in [-0.05, 0) is 17.7 Å². The number of carbonyl (C=O) groups is 3. The van der Waals surface area contributed by atoms with E-state index in [9.17, 15) is 19.5 Å². The number of halogens is 1. The number of carbonyl (C=O) groups excluding carboxylic acids is 2. The minimum absolute atomic E-state index is 0.00318. The van der Waals surface area contributed by atoms with Crippen molar-refractivity contribution < 1.29 is 24.2 Å². The Labute approximate surface area is 136 Å². The predicted molar refractivity (Wildman–Crippen MR) is 81.1 cm³/mol. The molecule has 0 radical (unpaired) electrons. The monoisotopic (exact) mass is 369 g/mol. The van der Waals surface area contributed by atoms with E-state index in [1.165, 1.54) is 12.0 Å². The summed E-state index contributed by atoms with van der Waals surface area (Å²) < 4.78 is 5.53. The summed E-state index contributed by atoms with van der Waals surface area (Å²) >= 11 is 3.32. The molecule has 1 unspecified atom stereocenters. The molecular weight excluding hydrogens is 354 g/mol. The van der Waals surface area contributed by atoms with Crippen molar-refractivity contribution in [2.24, 2.45) is 5.92 Å². The average Bonchev–Trinajstić information content (AvgIpc) is 2.87. The van der Waals surface area contributed by atoms with Crippen molar-refractivity contribution in [3.8, 4) is 0 Å². The largest absolute Gasteiger partial charge is 0.480 e. The van der Waals surface area contributed by atoms with Crippen molar-refractivity contribution in [3.63, 3.8) is 0 Å². The molecule has 1 fully saturated rings. The van der Waals surface area contributed by atoms with Crippen LogP contribution in [0.1, 0.15) is 12.0 Å². The first-order valence-corrected chi connectivity index (χ1v) is 7.56. The second-order valence-corrected chi connectivity index (χ2v) is 6.07. The first-order chi connectivity index (χ1) is 10.4. The molecule has 2 atom stereocenters. The summed E-state index contributed by atoms with van der Waals surface area (Å²) in [5.41, 5.74) is 0.810. The SMILES string of the molecule is COC(=O)C1CC(=O)N([C@@H](Cc2ccc(Br)cc2)C(=O)O)C1. The fourth-order valence-corrected chi connectivity index (χ4v) is 2.80. The second kappa shape index (κ2) is 6.91. The third kappa shape index (κ3) is 3.65. The zero-order chi connectivity index (χ0) is 16.3. The van der Waals surface area contributed by atoms with E-state index < -0.39 is 23.9 Å². The van der Waals surface area contributed by atoms with Crippen LogP contribution in [-0.4, -0.2) is 47.5 Å². The highest BCUT2D eigenvalue weighted by molar-refractivity contribution is 9.10. The lowest BCUT2D eigenvalue weighted by atomic mass is 10.0. The maximum atomic E-state index is 12.0. The standard InChI is InChI=1S/C15H16BrNO5/c1-22-15(21)10-7-13(18)17(8-10)12(14(19)20)6-9-2-4-11(16)5-3-9/h2-5,10,12H,6-8H2,1H3,(H,19,20)/t10?,12-/m0/s1. The third-order valence-electron chi connectivity index (χ3n) is 3.70. The maximum absolute atomic E-state index is 12.0. The number of hydrogen-bond acceptors (Lipinski definition) is 4. The number of likely N-dealkylation sites (tertiary alicyclic amines) is 1. The molecule has 6 nitrogen and oxygen atoms in total. The maximum Gasteiger partial charge on any atom is 0.326 e. The molecule has 0 spiro atoms. The van der Waals surface area contributed by atoms with E-state index in [-0.39, 0.29) is 25.3 Å². The van der Waals surface area contributed by atoms with Crippen LogP contribution in [0, 0.1) is 5.92 Å². The van der Waals surface area contributed by atoms with Gasteiger partial charge in [0.25, 0.3) is 0 Å². The molecule has 1 aliphatic heterocycles. The van der Waals surface area contributed by atoms with Gasteiger partial charge in [-0.25, -0.2) is 4.79 Å². The van der Waals surface area contributed by atoms with Gasteiger partial charge in [-0.3, -0.25) is 9.59 Å². The van der Waals surface area contributed by atoms with Crippen molar-refractivity contribution in [2.45, 2.75) is 18.9 Å². The zero-order valence-electron chi connectivity index (χ0n) is 12.0. The number of ether oxygens (including phenoxy) is 1. The Morgan fingerprint density at radius 2 is 2.05 bits per heavy atom. The molecule has 1 saturated heterocycles. The Hall–Kier alpha value is -1.89. The van der Waals surface area contributed by atoms with Gasteiger partial charge < -0.3 is 14.7 Å². The van der Waals surface area contributed by atoms with Gasteiger partial charge in [0, 0.05) is 23.9 Å². The van der Waals surface area contributed by atoms with Crippen molar-refractivity contribution in [2.75, 3.05) is 13.7 Å². The quantitative estimate of drug-likeness (QED) is 0.794. The molecule has 1 heterocycles. The molecule has 22 heavy (non-hydrogen) atoms. The van der Waals surface area contributed by atoms with E-state index in [1.807, 2.05) is 12.1 Å². The molecule has 0 aromatic heterocycles. The van der Waals surface area contributed by atoms with Gasteiger partial charge >= 0.3 is 11.9 Å². The van der Waals surface area contributed by atoms with Crippen LogP contribution >= 0.6 is 15.9 Å². The third-order valence-corrected chi connectivity index (χ3v) is 4.23. The Morgan fingerprint density at radius 3 is 2.59 bits per heavy atom. The molecule has 0 aliphatic carbocycles. The van der Waals surface area contributed by atoms with Crippen LogP contribution < -0.4 is 0 Å². The number of methoxy groups -OCH3 is 1. The average molecular weight is 370 g/mol. The fourth-order valence-electron chi connectivity index (χ4n) is 2.53. The lowest BCUT2D eigenvalue weighted by Crippen LogP contribution is -2.44. The highest BCUT2D eigenvalue weighted by atomic mass is 79.9. The molecular formula is C15H16BrNO5. The summed E-state index contributed by atoms with van der Waals surface area (Å²) in [6, 6.07) is 6.26. The summed E-state index contributed by atoms with van der Waals surface area (Å²) in [6.07, 6.45) is 0.193. The van der Waals surface area contributed by atoms with Crippen LogP contribution in [0.2, 0.25) is 0 Å². The molecule has 1 N–H and O–H groups in total. The number of esters is 1. The number of amides is 1. The van der Waals surface area contributed by atoms with Gasteiger partial charge in [-0.2, -0.15) is 0 Å². The summed E-state index contributed by atoms with van der Waals surface area (Å²) in [6.45, 7) is 0.0823. The Bertz CT molecular complexity index is 586. The lowest BCUT2D eigenvalue weighted by Gasteiger charge is -2.24. The number of hydrogen-bond donors (Lipinski definition) is 1. The molecule has 118 valence electrons. The Kier molecular flexibility index (Phi) is 5.18. The molecule has 0 saturated carbocycles. The summed E-state index contributed by atoms with van der Waals surface area (Å²) in [7, 11) is 1.26. The fraction of sp³-hybridized carbons (Fsp3) is 0.400. The molecule has 2 rings (SSSR count). The van der Waals surface area contributed by atoms with E-state index in [0.29, 0.717) is 0 Å². The van der Waals surface area contributed by atoms with Crippen LogP contribution in [0.5, 0.6) is 0 Å². The molecule has 1 aromatic rings. The number of carboxylic acids is 1.